The van der Waals surface area contributed by atoms with Gasteiger partial charge in [0, 0.05) is 26.2 Å². The van der Waals surface area contributed by atoms with Gasteiger partial charge in [0.15, 0.2) is 0 Å². The van der Waals surface area contributed by atoms with Gasteiger partial charge in [0.2, 0.25) is 10.0 Å². The van der Waals surface area contributed by atoms with E-state index in [1.807, 2.05) is 13.8 Å². The number of aliphatic hydroxyl groups is 1. The van der Waals surface area contributed by atoms with E-state index in [1.54, 1.807) is 27.4 Å². The molecule has 6 nitrogen and oxygen atoms in total. The number of nitrogens with zero attached hydrogens (tertiary/aromatic N) is 2. The molecule has 0 saturated carbocycles. The summed E-state index contributed by atoms with van der Waals surface area (Å²) in [6.45, 7) is 5.74. The van der Waals surface area contributed by atoms with Crippen LogP contribution in [0.2, 0.25) is 0 Å². The summed E-state index contributed by atoms with van der Waals surface area (Å²) in [6, 6.07) is 5.20. The molecular weight excluding hydrogens is 340 g/mol. The van der Waals surface area contributed by atoms with Crippen molar-refractivity contribution >= 4 is 15.9 Å². The average molecular weight is 366 g/mol. The summed E-state index contributed by atoms with van der Waals surface area (Å²) in [5.74, 6) is -0.378. The minimum Gasteiger partial charge on any atom is -0.383 e. The van der Waals surface area contributed by atoms with Gasteiger partial charge < -0.3 is 10.0 Å². The summed E-state index contributed by atoms with van der Waals surface area (Å²) < 4.78 is 26.9. The van der Waals surface area contributed by atoms with Gasteiger partial charge in [0.05, 0.1) is 4.90 Å². The third-order valence-corrected chi connectivity index (χ3v) is 6.98. The second-order valence-corrected chi connectivity index (χ2v) is 9.18. The van der Waals surface area contributed by atoms with Crippen molar-refractivity contribution in [3.8, 4) is 0 Å². The molecule has 0 radical (unpaired) electrons. The van der Waals surface area contributed by atoms with Crippen molar-refractivity contribution in [1.29, 1.82) is 0 Å². The Bertz CT molecular complexity index is 754. The van der Waals surface area contributed by atoms with Gasteiger partial charge in [0.1, 0.15) is 6.10 Å². The predicted molar refractivity (Wildman–Crippen MR) is 94.4 cm³/mol. The Morgan fingerprint density at radius 2 is 1.80 bits per heavy atom. The largest absolute Gasteiger partial charge is 0.383 e. The molecule has 138 valence electrons. The van der Waals surface area contributed by atoms with Crippen LogP contribution in [0.5, 0.6) is 0 Å². The van der Waals surface area contributed by atoms with Gasteiger partial charge in [-0.3, -0.25) is 4.79 Å². The van der Waals surface area contributed by atoms with Crippen molar-refractivity contribution < 1.29 is 18.3 Å². The molecule has 1 atom stereocenters. The zero-order chi connectivity index (χ0) is 18.2. The Kier molecular flexibility index (Phi) is 5.18. The zero-order valence-electron chi connectivity index (χ0n) is 14.8. The van der Waals surface area contributed by atoms with E-state index < -0.39 is 16.1 Å². The number of rotatable bonds is 4. The second kappa shape index (κ2) is 7.05. The maximum atomic E-state index is 12.7. The van der Waals surface area contributed by atoms with Crippen molar-refractivity contribution in [3.05, 3.63) is 29.3 Å². The number of sulfonamides is 1. The molecule has 1 aromatic carbocycles. The van der Waals surface area contributed by atoms with E-state index in [0.717, 1.165) is 24.0 Å². The number of hydrogen-bond acceptors (Lipinski definition) is 4. The first-order valence-corrected chi connectivity index (χ1v) is 10.3. The normalized spacial score (nSPS) is 19.9. The van der Waals surface area contributed by atoms with Crippen LogP contribution in [0, 0.1) is 5.92 Å². The summed E-state index contributed by atoms with van der Waals surface area (Å²) in [6.07, 6.45) is 1.45. The first-order chi connectivity index (χ1) is 11.8. The Morgan fingerprint density at radius 1 is 1.12 bits per heavy atom. The van der Waals surface area contributed by atoms with Gasteiger partial charge in [-0.05, 0) is 48.4 Å². The molecule has 0 bridgehead atoms. The molecule has 0 aliphatic carbocycles. The van der Waals surface area contributed by atoms with Crippen molar-refractivity contribution in [1.82, 2.24) is 9.21 Å². The molecule has 25 heavy (non-hydrogen) atoms. The maximum absolute atomic E-state index is 12.7. The second-order valence-electron chi connectivity index (χ2n) is 7.24. The molecule has 0 spiro atoms. The number of amides is 1. The molecule has 2 aliphatic rings. The first-order valence-electron chi connectivity index (χ1n) is 8.89. The fourth-order valence-electron chi connectivity index (χ4n) is 3.43. The van der Waals surface area contributed by atoms with Crippen LogP contribution in [0.1, 0.15) is 37.8 Å². The van der Waals surface area contributed by atoms with E-state index in [0.29, 0.717) is 37.5 Å². The predicted octanol–water partition coefficient (Wildman–Crippen LogP) is 1.37. The van der Waals surface area contributed by atoms with Crippen molar-refractivity contribution in [2.45, 2.75) is 50.7 Å². The number of benzene rings is 1. The van der Waals surface area contributed by atoms with Crippen LogP contribution in [-0.4, -0.2) is 54.4 Å². The molecule has 3 rings (SSSR count). The monoisotopic (exact) mass is 366 g/mol. The van der Waals surface area contributed by atoms with Gasteiger partial charge >= 0.3 is 0 Å². The van der Waals surface area contributed by atoms with Crippen LogP contribution in [0.3, 0.4) is 0 Å². The lowest BCUT2D eigenvalue weighted by atomic mass is 9.98. The van der Waals surface area contributed by atoms with Crippen molar-refractivity contribution in [2.24, 2.45) is 5.92 Å². The van der Waals surface area contributed by atoms with E-state index in [9.17, 15) is 18.3 Å². The topological polar surface area (TPSA) is 77.9 Å². The van der Waals surface area contributed by atoms with E-state index in [-0.39, 0.29) is 11.8 Å². The Balaban J connectivity index is 1.79. The fourth-order valence-corrected chi connectivity index (χ4v) is 5.00. The van der Waals surface area contributed by atoms with Crippen molar-refractivity contribution in [3.63, 3.8) is 0 Å². The van der Waals surface area contributed by atoms with Gasteiger partial charge in [-0.15, -0.1) is 0 Å². The Hall–Kier alpha value is -1.44. The van der Waals surface area contributed by atoms with Crippen LogP contribution >= 0.6 is 0 Å². The summed E-state index contributed by atoms with van der Waals surface area (Å²) in [4.78, 5) is 14.3. The standard InChI is InChI=1S/C18H26N2O4S/c1-13(2)17(21)18(22)19-10-7-14-11-16(6-5-15(14)12-19)25(23,24)20-8-3-4-9-20/h5-6,11,13,17,21H,3-4,7-10,12H2,1-2H3/t17-/m1/s1. The SMILES string of the molecule is CC(C)[C@@H](O)C(=O)N1CCc2cc(S(=O)(=O)N3CCCC3)ccc2C1. The third kappa shape index (κ3) is 3.59. The molecule has 0 unspecified atom stereocenters. The average Bonchev–Trinajstić information content (AvgIpc) is 3.14. The highest BCUT2D eigenvalue weighted by molar-refractivity contribution is 7.89. The number of aliphatic hydroxyl groups excluding tert-OH is 1. The minimum absolute atomic E-state index is 0.123. The van der Waals surface area contributed by atoms with Gasteiger partial charge in [-0.2, -0.15) is 4.31 Å². The lowest BCUT2D eigenvalue weighted by molar-refractivity contribution is -0.143. The van der Waals surface area contributed by atoms with Crippen molar-refractivity contribution in [2.75, 3.05) is 19.6 Å². The lowest BCUT2D eigenvalue weighted by Gasteiger charge is -2.31. The molecule has 0 aromatic heterocycles. The summed E-state index contributed by atoms with van der Waals surface area (Å²) >= 11 is 0. The number of fused-ring (bicyclic) bond motifs is 1. The van der Waals surface area contributed by atoms with Crippen LogP contribution in [0.4, 0.5) is 0 Å². The zero-order valence-corrected chi connectivity index (χ0v) is 15.6. The maximum Gasteiger partial charge on any atom is 0.251 e. The van der Waals surface area contributed by atoms with Gasteiger partial charge in [-0.25, -0.2) is 8.42 Å². The van der Waals surface area contributed by atoms with Crippen LogP contribution in [0.15, 0.2) is 23.1 Å². The highest BCUT2D eigenvalue weighted by Crippen LogP contribution is 2.26. The van der Waals surface area contributed by atoms with Gasteiger partial charge in [0.25, 0.3) is 5.91 Å². The number of carbonyl (C=O) groups excluding carboxylic acids is 1. The van der Waals surface area contributed by atoms with Crippen LogP contribution < -0.4 is 0 Å². The number of hydrogen-bond donors (Lipinski definition) is 1. The fraction of sp³-hybridized carbons (Fsp3) is 0.611. The first kappa shape index (κ1) is 18.4. The van der Waals surface area contributed by atoms with Crippen LogP contribution in [-0.2, 0) is 27.8 Å². The highest BCUT2D eigenvalue weighted by Gasteiger charge is 2.30. The Morgan fingerprint density at radius 3 is 2.44 bits per heavy atom. The molecule has 1 aromatic rings. The number of carbonyl (C=O) groups is 1. The molecule has 7 heteroatoms. The quantitative estimate of drug-likeness (QED) is 0.873. The summed E-state index contributed by atoms with van der Waals surface area (Å²) in [5.41, 5.74) is 1.93. The lowest BCUT2D eigenvalue weighted by Crippen LogP contribution is -2.44. The smallest absolute Gasteiger partial charge is 0.251 e. The minimum atomic E-state index is -3.41. The summed E-state index contributed by atoms with van der Waals surface area (Å²) in [5, 5.41) is 9.99. The van der Waals surface area contributed by atoms with Gasteiger partial charge in [-0.1, -0.05) is 19.9 Å². The molecular formula is C18H26N2O4S. The van der Waals surface area contributed by atoms with Crippen LogP contribution in [0.25, 0.3) is 0 Å². The van der Waals surface area contributed by atoms with E-state index in [1.165, 1.54) is 0 Å². The Labute approximate surface area is 149 Å². The van der Waals surface area contributed by atoms with E-state index >= 15 is 0 Å². The molecule has 1 amide bonds. The molecule has 1 saturated heterocycles. The third-order valence-electron chi connectivity index (χ3n) is 5.09. The van der Waals surface area contributed by atoms with E-state index in [4.69, 9.17) is 0 Å². The molecule has 2 aliphatic heterocycles. The molecule has 2 heterocycles. The molecule has 1 N–H and O–H groups in total. The summed E-state index contributed by atoms with van der Waals surface area (Å²) in [7, 11) is -3.41. The molecule has 1 fully saturated rings. The van der Waals surface area contributed by atoms with E-state index in [2.05, 4.69) is 0 Å². The highest BCUT2D eigenvalue weighted by atomic mass is 32.2.